The van der Waals surface area contributed by atoms with Crippen molar-refractivity contribution in [2.45, 2.75) is 44.3 Å². The molecule has 0 atom stereocenters. The minimum absolute atomic E-state index is 0.542. The first-order valence-corrected chi connectivity index (χ1v) is 7.51. The molecule has 0 bridgehead atoms. The smallest absolute Gasteiger partial charge is 0.417 e. The van der Waals surface area contributed by atoms with Gasteiger partial charge in [0.1, 0.15) is 0 Å². The van der Waals surface area contributed by atoms with Crippen LogP contribution in [0.3, 0.4) is 0 Å². The second-order valence-corrected chi connectivity index (χ2v) is 6.49. The highest BCUT2D eigenvalue weighted by atomic mass is 32.2. The molecule has 0 fully saturated rings. The molecule has 0 radical (unpaired) electrons. The van der Waals surface area contributed by atoms with Gasteiger partial charge in [-0.1, -0.05) is 6.42 Å². The molecule has 0 unspecified atom stereocenters. The van der Waals surface area contributed by atoms with E-state index >= 15 is 0 Å². The van der Waals surface area contributed by atoms with Gasteiger partial charge in [0, 0.05) is 6.20 Å². The number of rotatable bonds is 7. The average molecular weight is 321 g/mol. The molecule has 0 saturated heterocycles. The van der Waals surface area contributed by atoms with Crippen molar-refractivity contribution in [1.29, 1.82) is 0 Å². The van der Waals surface area contributed by atoms with Crippen LogP contribution in [0.4, 0.5) is 13.2 Å². The molecule has 21 heavy (non-hydrogen) atoms. The topological polar surface area (TPSA) is 50.2 Å². The third kappa shape index (κ3) is 5.95. The van der Waals surface area contributed by atoms with E-state index in [1.807, 2.05) is 0 Å². The number of halogens is 3. The summed E-state index contributed by atoms with van der Waals surface area (Å²) in [5.41, 5.74) is -1.49. The molecule has 1 rings (SSSR count). The lowest BCUT2D eigenvalue weighted by atomic mass is 9.88. The highest BCUT2D eigenvalue weighted by Gasteiger charge is 2.30. The van der Waals surface area contributed by atoms with Crippen molar-refractivity contribution in [3.05, 3.63) is 23.9 Å². The maximum atomic E-state index is 12.4. The fraction of sp³-hybridized carbons (Fsp3) is 0.571. The van der Waals surface area contributed by atoms with Crippen LogP contribution in [0.25, 0.3) is 0 Å². The van der Waals surface area contributed by atoms with Gasteiger partial charge in [0.15, 0.2) is 0 Å². The first-order valence-electron chi connectivity index (χ1n) is 6.52. The zero-order valence-electron chi connectivity index (χ0n) is 11.9. The van der Waals surface area contributed by atoms with Crippen LogP contribution in [-0.2, 0) is 11.0 Å². The monoisotopic (exact) mass is 321 g/mol. The van der Waals surface area contributed by atoms with Gasteiger partial charge in [0.05, 0.1) is 16.0 Å². The molecule has 3 nitrogen and oxygen atoms in total. The second kappa shape index (κ2) is 7.15. The summed E-state index contributed by atoms with van der Waals surface area (Å²) in [7, 11) is 0. The largest absolute Gasteiger partial charge is 0.481 e. The lowest BCUT2D eigenvalue weighted by molar-refractivity contribution is -0.147. The molecule has 1 heterocycles. The molecule has 0 amide bonds. The standard InChI is InChI=1S/C14H18F3NO2S/c1-13(2,12(19)20)7-3-4-8-21-11-6-5-10(9-18-11)14(15,16)17/h5-6,9H,3-4,7-8H2,1-2H3,(H,19,20). The van der Waals surface area contributed by atoms with E-state index in [-0.39, 0.29) is 0 Å². The van der Waals surface area contributed by atoms with Crippen LogP contribution in [0, 0.1) is 5.41 Å². The highest BCUT2D eigenvalue weighted by molar-refractivity contribution is 7.99. The van der Waals surface area contributed by atoms with Crippen molar-refractivity contribution < 1.29 is 23.1 Å². The second-order valence-electron chi connectivity index (χ2n) is 5.38. The van der Waals surface area contributed by atoms with Gasteiger partial charge in [0.25, 0.3) is 0 Å². The molecule has 0 saturated carbocycles. The van der Waals surface area contributed by atoms with Gasteiger partial charge >= 0.3 is 12.1 Å². The van der Waals surface area contributed by atoms with Crippen molar-refractivity contribution in [3.63, 3.8) is 0 Å². The summed E-state index contributed by atoms with van der Waals surface area (Å²) < 4.78 is 37.1. The number of hydrogen-bond acceptors (Lipinski definition) is 3. The van der Waals surface area contributed by atoms with Gasteiger partial charge in [0.2, 0.25) is 0 Å². The first kappa shape index (κ1) is 17.8. The molecule has 1 aromatic rings. The summed E-state index contributed by atoms with van der Waals surface area (Å²) in [6.45, 7) is 3.36. The number of aliphatic carboxylic acids is 1. The summed E-state index contributed by atoms with van der Waals surface area (Å²) >= 11 is 1.37. The SMILES string of the molecule is CC(C)(CCCCSc1ccc(C(F)(F)F)cn1)C(=O)O. The van der Waals surface area contributed by atoms with Crippen LogP contribution in [0.5, 0.6) is 0 Å². The lowest BCUT2D eigenvalue weighted by Crippen LogP contribution is -2.23. The fourth-order valence-corrected chi connectivity index (χ4v) is 2.44. The van der Waals surface area contributed by atoms with E-state index in [1.54, 1.807) is 13.8 Å². The molecule has 0 aliphatic heterocycles. The Morgan fingerprint density at radius 3 is 2.43 bits per heavy atom. The molecule has 7 heteroatoms. The van der Waals surface area contributed by atoms with Crippen molar-refractivity contribution in [1.82, 2.24) is 4.98 Å². The summed E-state index contributed by atoms with van der Waals surface area (Å²) in [6.07, 6.45) is -1.41. The van der Waals surface area contributed by atoms with E-state index in [0.717, 1.165) is 25.1 Å². The molecule has 0 aliphatic carbocycles. The van der Waals surface area contributed by atoms with E-state index in [1.165, 1.54) is 17.8 Å². The molecular formula is C14H18F3NO2S. The number of aromatic nitrogens is 1. The fourth-order valence-electron chi connectivity index (χ4n) is 1.59. The van der Waals surface area contributed by atoms with Crippen LogP contribution in [0.1, 0.15) is 38.7 Å². The zero-order chi connectivity index (χ0) is 16.1. The molecule has 0 aromatic carbocycles. The van der Waals surface area contributed by atoms with Crippen molar-refractivity contribution >= 4 is 17.7 Å². The number of alkyl halides is 3. The number of carbonyl (C=O) groups is 1. The molecular weight excluding hydrogens is 303 g/mol. The van der Waals surface area contributed by atoms with E-state index in [0.29, 0.717) is 17.2 Å². The highest BCUT2D eigenvalue weighted by Crippen LogP contribution is 2.30. The maximum Gasteiger partial charge on any atom is 0.417 e. The number of pyridine rings is 1. The first-order chi connectivity index (χ1) is 9.63. The minimum Gasteiger partial charge on any atom is -0.481 e. The van der Waals surface area contributed by atoms with Crippen LogP contribution < -0.4 is 0 Å². The number of nitrogens with zero attached hydrogens (tertiary/aromatic N) is 1. The van der Waals surface area contributed by atoms with E-state index < -0.39 is 23.1 Å². The molecule has 0 aliphatic rings. The van der Waals surface area contributed by atoms with Crippen LogP contribution in [-0.4, -0.2) is 21.8 Å². The third-order valence-corrected chi connectivity index (χ3v) is 4.12. The Labute approximate surface area is 126 Å². The van der Waals surface area contributed by atoms with Gasteiger partial charge in [-0.05, 0) is 44.6 Å². The number of carboxylic acids is 1. The van der Waals surface area contributed by atoms with Crippen molar-refractivity contribution in [2.24, 2.45) is 5.41 Å². The van der Waals surface area contributed by atoms with Gasteiger partial charge in [-0.3, -0.25) is 4.79 Å². The van der Waals surface area contributed by atoms with E-state index in [2.05, 4.69) is 4.98 Å². The Kier molecular flexibility index (Phi) is 6.07. The predicted molar refractivity (Wildman–Crippen MR) is 75.2 cm³/mol. The lowest BCUT2D eigenvalue weighted by Gasteiger charge is -2.18. The number of thioether (sulfide) groups is 1. The molecule has 1 aromatic heterocycles. The van der Waals surface area contributed by atoms with Crippen LogP contribution in [0.15, 0.2) is 23.4 Å². The summed E-state index contributed by atoms with van der Waals surface area (Å²) in [5, 5.41) is 9.50. The minimum atomic E-state index is -4.36. The maximum absolute atomic E-state index is 12.4. The Bertz CT molecular complexity index is 472. The summed E-state index contributed by atoms with van der Waals surface area (Å²) in [5.74, 6) is -0.117. The molecule has 118 valence electrons. The summed E-state index contributed by atoms with van der Waals surface area (Å²) in [4.78, 5) is 14.7. The Hall–Kier alpha value is -1.24. The predicted octanol–water partition coefficient (Wildman–Crippen LogP) is 4.47. The van der Waals surface area contributed by atoms with E-state index in [9.17, 15) is 18.0 Å². The van der Waals surface area contributed by atoms with Gasteiger partial charge in [-0.2, -0.15) is 13.2 Å². The zero-order valence-corrected chi connectivity index (χ0v) is 12.7. The quantitative estimate of drug-likeness (QED) is 0.594. The normalized spacial score (nSPS) is 12.4. The van der Waals surface area contributed by atoms with Gasteiger partial charge < -0.3 is 5.11 Å². The van der Waals surface area contributed by atoms with Crippen LogP contribution >= 0.6 is 11.8 Å². The average Bonchev–Trinajstić information content (AvgIpc) is 2.37. The number of hydrogen-bond donors (Lipinski definition) is 1. The van der Waals surface area contributed by atoms with Gasteiger partial charge in [-0.25, -0.2) is 4.98 Å². The molecule has 0 spiro atoms. The van der Waals surface area contributed by atoms with E-state index in [4.69, 9.17) is 5.11 Å². The number of unbranched alkanes of at least 4 members (excludes halogenated alkanes) is 1. The summed E-state index contributed by atoms with van der Waals surface area (Å²) in [6, 6.07) is 2.37. The Morgan fingerprint density at radius 1 is 1.29 bits per heavy atom. The van der Waals surface area contributed by atoms with Gasteiger partial charge in [-0.15, -0.1) is 11.8 Å². The number of carboxylic acid groups (broad SMARTS) is 1. The van der Waals surface area contributed by atoms with Crippen LogP contribution in [0.2, 0.25) is 0 Å². The Balaban J connectivity index is 2.32. The third-order valence-electron chi connectivity index (χ3n) is 3.09. The van der Waals surface area contributed by atoms with Crippen molar-refractivity contribution in [3.8, 4) is 0 Å². The van der Waals surface area contributed by atoms with Crippen molar-refractivity contribution in [2.75, 3.05) is 5.75 Å². The Morgan fingerprint density at radius 2 is 1.95 bits per heavy atom. The molecule has 1 N–H and O–H groups in total.